The number of esters is 1. The molecule has 1 N–H and O–H groups in total. The molecular formula is C15H23BrIN3O3. The zero-order chi connectivity index (χ0) is 16.1. The van der Waals surface area contributed by atoms with Gasteiger partial charge in [0.15, 0.2) is 10.6 Å². The van der Waals surface area contributed by atoms with E-state index < -0.39 is 0 Å². The van der Waals surface area contributed by atoms with Crippen LogP contribution in [0, 0.1) is 11.8 Å². The molecule has 2 rings (SSSR count). The van der Waals surface area contributed by atoms with Gasteiger partial charge in [-0.25, -0.2) is 0 Å². The molecule has 1 fully saturated rings. The number of hydrogen-bond acceptors (Lipinski definition) is 4. The molecule has 0 bridgehead atoms. The monoisotopic (exact) mass is 499 g/mol. The number of likely N-dealkylation sites (tertiary alicyclic amines) is 1. The Kier molecular flexibility index (Phi) is 8.38. The van der Waals surface area contributed by atoms with Crippen LogP contribution in [0.25, 0.3) is 0 Å². The third kappa shape index (κ3) is 5.37. The van der Waals surface area contributed by atoms with Gasteiger partial charge in [0, 0.05) is 33.1 Å². The second-order valence-corrected chi connectivity index (χ2v) is 6.22. The zero-order valence-electron chi connectivity index (χ0n) is 13.5. The largest absolute Gasteiger partial charge is 0.469 e. The Hall–Kier alpha value is -0.770. The maximum atomic E-state index is 11.8. The number of nitrogens with one attached hydrogen (secondary N) is 1. The molecule has 0 radical (unpaired) electrons. The number of halogens is 2. The molecule has 130 valence electrons. The van der Waals surface area contributed by atoms with Crippen molar-refractivity contribution in [3.8, 4) is 0 Å². The number of carbonyl (C=O) groups is 1. The molecule has 0 aromatic carbocycles. The van der Waals surface area contributed by atoms with Crippen LogP contribution in [0.3, 0.4) is 0 Å². The van der Waals surface area contributed by atoms with Crippen LogP contribution in [0.15, 0.2) is 26.2 Å². The van der Waals surface area contributed by atoms with Crippen LogP contribution >= 0.6 is 39.9 Å². The van der Waals surface area contributed by atoms with E-state index in [4.69, 9.17) is 9.15 Å². The number of methoxy groups -OCH3 is 1. The van der Waals surface area contributed by atoms with Crippen molar-refractivity contribution in [1.82, 2.24) is 10.2 Å². The number of furan rings is 1. The van der Waals surface area contributed by atoms with Gasteiger partial charge in [-0.2, -0.15) is 0 Å². The van der Waals surface area contributed by atoms with Crippen molar-refractivity contribution < 1.29 is 13.9 Å². The normalized spacial score (nSPS) is 21.0. The minimum Gasteiger partial charge on any atom is -0.469 e. The molecule has 2 unspecified atom stereocenters. The number of carbonyl (C=O) groups excluding carboxylic acids is 1. The average molecular weight is 500 g/mol. The Morgan fingerprint density at radius 3 is 2.83 bits per heavy atom. The average Bonchev–Trinajstić information content (AvgIpc) is 3.09. The lowest BCUT2D eigenvalue weighted by Crippen LogP contribution is -2.41. The van der Waals surface area contributed by atoms with Crippen molar-refractivity contribution in [2.75, 3.05) is 33.8 Å². The van der Waals surface area contributed by atoms with Crippen LogP contribution in [0.2, 0.25) is 0 Å². The molecule has 2 heterocycles. The fourth-order valence-electron chi connectivity index (χ4n) is 2.71. The van der Waals surface area contributed by atoms with E-state index in [9.17, 15) is 4.79 Å². The summed E-state index contributed by atoms with van der Waals surface area (Å²) in [7, 11) is 3.19. The van der Waals surface area contributed by atoms with E-state index in [1.807, 2.05) is 12.1 Å². The first-order valence-corrected chi connectivity index (χ1v) is 8.12. The topological polar surface area (TPSA) is 67.1 Å². The van der Waals surface area contributed by atoms with Crippen LogP contribution in [0.4, 0.5) is 0 Å². The van der Waals surface area contributed by atoms with Gasteiger partial charge in [-0.1, -0.05) is 6.92 Å². The molecule has 2 atom stereocenters. The van der Waals surface area contributed by atoms with Gasteiger partial charge < -0.3 is 19.4 Å². The third-order valence-electron chi connectivity index (χ3n) is 3.91. The fraction of sp³-hybridized carbons (Fsp3) is 0.600. The standard InChI is InChI=1S/C15H22BrN3O3.HI/c1-10-8-19(9-12(10)14(20)21-3)15(17-2)18-7-6-11-4-5-13(16)22-11;/h4-5,10,12H,6-9H2,1-3H3,(H,17,18);1H. The highest BCUT2D eigenvalue weighted by molar-refractivity contribution is 14.0. The van der Waals surface area contributed by atoms with E-state index in [-0.39, 0.29) is 41.8 Å². The van der Waals surface area contributed by atoms with Crippen molar-refractivity contribution in [3.63, 3.8) is 0 Å². The maximum absolute atomic E-state index is 11.8. The Balaban J connectivity index is 0.00000264. The second-order valence-electron chi connectivity index (χ2n) is 5.44. The lowest BCUT2D eigenvalue weighted by Gasteiger charge is -2.21. The van der Waals surface area contributed by atoms with Gasteiger partial charge in [-0.05, 0) is 34.0 Å². The van der Waals surface area contributed by atoms with E-state index in [0.29, 0.717) is 6.54 Å². The molecule has 8 heteroatoms. The van der Waals surface area contributed by atoms with Crippen molar-refractivity contribution in [3.05, 3.63) is 22.6 Å². The zero-order valence-corrected chi connectivity index (χ0v) is 17.5. The van der Waals surface area contributed by atoms with E-state index in [1.54, 1.807) is 7.05 Å². The van der Waals surface area contributed by atoms with Crippen molar-refractivity contribution in [2.45, 2.75) is 13.3 Å². The lowest BCUT2D eigenvalue weighted by molar-refractivity contribution is -0.145. The summed E-state index contributed by atoms with van der Waals surface area (Å²) in [5.41, 5.74) is 0. The van der Waals surface area contributed by atoms with Gasteiger partial charge in [-0.3, -0.25) is 9.79 Å². The fourth-order valence-corrected chi connectivity index (χ4v) is 3.05. The van der Waals surface area contributed by atoms with Gasteiger partial charge >= 0.3 is 5.97 Å². The molecule has 1 aromatic rings. The minimum absolute atomic E-state index is 0. The molecule has 0 saturated carbocycles. The minimum atomic E-state index is -0.147. The first-order valence-electron chi connectivity index (χ1n) is 7.32. The van der Waals surface area contributed by atoms with Crippen LogP contribution in [-0.2, 0) is 16.0 Å². The van der Waals surface area contributed by atoms with E-state index in [1.165, 1.54) is 7.11 Å². The Morgan fingerprint density at radius 1 is 1.52 bits per heavy atom. The van der Waals surface area contributed by atoms with Gasteiger partial charge in [-0.15, -0.1) is 24.0 Å². The SMILES string of the molecule is CN=C(NCCc1ccc(Br)o1)N1CC(C)C(C(=O)OC)C1.I. The molecule has 1 aliphatic rings. The summed E-state index contributed by atoms with van der Waals surface area (Å²) in [6.07, 6.45) is 0.772. The second kappa shape index (κ2) is 9.51. The maximum Gasteiger partial charge on any atom is 0.310 e. The highest BCUT2D eigenvalue weighted by atomic mass is 127. The van der Waals surface area contributed by atoms with Crippen LogP contribution in [-0.4, -0.2) is 50.6 Å². The van der Waals surface area contributed by atoms with Gasteiger partial charge in [0.2, 0.25) is 0 Å². The van der Waals surface area contributed by atoms with Gasteiger partial charge in [0.25, 0.3) is 0 Å². The summed E-state index contributed by atoms with van der Waals surface area (Å²) in [5.74, 6) is 1.74. The van der Waals surface area contributed by atoms with Crippen molar-refractivity contribution >= 4 is 51.8 Å². The van der Waals surface area contributed by atoms with E-state index in [2.05, 4.69) is 38.1 Å². The predicted molar refractivity (Wildman–Crippen MR) is 103 cm³/mol. The van der Waals surface area contributed by atoms with Crippen molar-refractivity contribution in [1.29, 1.82) is 0 Å². The number of rotatable bonds is 4. The molecule has 1 aliphatic heterocycles. The van der Waals surface area contributed by atoms with Crippen molar-refractivity contribution in [2.24, 2.45) is 16.8 Å². The molecular weight excluding hydrogens is 477 g/mol. The Bertz CT molecular complexity index is 550. The van der Waals surface area contributed by atoms with E-state index in [0.717, 1.165) is 35.9 Å². The number of guanidine groups is 1. The van der Waals surface area contributed by atoms with Crippen LogP contribution in [0.1, 0.15) is 12.7 Å². The number of ether oxygens (including phenoxy) is 1. The molecule has 0 aliphatic carbocycles. The van der Waals surface area contributed by atoms with E-state index >= 15 is 0 Å². The number of aliphatic imine (C=N–C) groups is 1. The summed E-state index contributed by atoms with van der Waals surface area (Å²) in [4.78, 5) is 18.2. The van der Waals surface area contributed by atoms with Gasteiger partial charge in [0.05, 0.1) is 13.0 Å². The smallest absolute Gasteiger partial charge is 0.310 e. The van der Waals surface area contributed by atoms with Crippen LogP contribution in [0.5, 0.6) is 0 Å². The third-order valence-corrected chi connectivity index (χ3v) is 4.34. The number of nitrogens with zero attached hydrogens (tertiary/aromatic N) is 2. The summed E-state index contributed by atoms with van der Waals surface area (Å²) in [5, 5.41) is 3.32. The summed E-state index contributed by atoms with van der Waals surface area (Å²) in [6, 6.07) is 3.83. The predicted octanol–water partition coefficient (Wildman–Crippen LogP) is 2.52. The summed E-state index contributed by atoms with van der Waals surface area (Å²) in [6.45, 7) is 4.22. The molecule has 23 heavy (non-hydrogen) atoms. The molecule has 0 spiro atoms. The summed E-state index contributed by atoms with van der Waals surface area (Å²) >= 11 is 3.29. The Morgan fingerprint density at radius 2 is 2.26 bits per heavy atom. The molecule has 1 aromatic heterocycles. The Labute approximate surface area is 162 Å². The quantitative estimate of drug-likeness (QED) is 0.298. The lowest BCUT2D eigenvalue weighted by atomic mass is 9.99. The molecule has 0 amide bonds. The highest BCUT2D eigenvalue weighted by Gasteiger charge is 2.36. The van der Waals surface area contributed by atoms with Crippen LogP contribution < -0.4 is 5.32 Å². The number of hydrogen-bond donors (Lipinski definition) is 1. The molecule has 1 saturated heterocycles. The summed E-state index contributed by atoms with van der Waals surface area (Å²) < 4.78 is 11.1. The first kappa shape index (κ1) is 20.3. The first-order chi connectivity index (χ1) is 10.5. The highest BCUT2D eigenvalue weighted by Crippen LogP contribution is 2.24. The molecule has 6 nitrogen and oxygen atoms in total. The van der Waals surface area contributed by atoms with Gasteiger partial charge in [0.1, 0.15) is 5.76 Å².